The van der Waals surface area contributed by atoms with E-state index >= 15 is 0 Å². The summed E-state index contributed by atoms with van der Waals surface area (Å²) in [5, 5.41) is 2.23. The molecule has 1 heterocycles. The molecule has 0 N–H and O–H groups in total. The Bertz CT molecular complexity index is 1740. The van der Waals surface area contributed by atoms with E-state index in [0.29, 0.717) is 0 Å². The number of thioether (sulfide) groups is 1. The molecule has 46 heavy (non-hydrogen) atoms. The van der Waals surface area contributed by atoms with Gasteiger partial charge in [0.2, 0.25) is 0 Å². The van der Waals surface area contributed by atoms with Gasteiger partial charge in [-0.1, -0.05) is 91.0 Å². The Hall–Kier alpha value is -4.99. The standard InChI is InChI=1S/C34H31N2O8PS/c1-41-31(37)25-21-26(36-30(46-5)27(25)32(38)42-2)35-28(33(39)43-3)29(34(40)44-4)45(22-15-9-6-10-16-22,23-17-11-7-12-18-23)24-19-13-8-14-20-24/h6-21H,1-5H3. The molecule has 0 unspecified atom stereocenters. The summed E-state index contributed by atoms with van der Waals surface area (Å²) in [6.45, 7) is -3.27. The molecule has 4 rings (SSSR count). The molecule has 0 radical (unpaired) electrons. The zero-order chi connectivity index (χ0) is 33.3. The Morgan fingerprint density at radius 1 is 0.652 bits per heavy atom. The van der Waals surface area contributed by atoms with Crippen LogP contribution in [0.4, 0.5) is 5.82 Å². The van der Waals surface area contributed by atoms with E-state index in [1.165, 1.54) is 27.4 Å². The fraction of sp³-hybridized carbons (Fsp3) is 0.147. The SMILES string of the molecule is COC(=O)C(=Nc1cc(C(=O)OC)c(C(=O)OC)c(SC)n1)C(C(=O)OC)=P(c1ccccc1)(c1ccccc1)c1ccccc1. The summed E-state index contributed by atoms with van der Waals surface area (Å²) in [6.07, 6.45) is 1.65. The topological polar surface area (TPSA) is 130 Å². The second-order valence-corrected chi connectivity index (χ2v) is 13.5. The highest BCUT2D eigenvalue weighted by molar-refractivity contribution is 7.98. The van der Waals surface area contributed by atoms with Gasteiger partial charge in [-0.3, -0.25) is 0 Å². The molecule has 3 aromatic carbocycles. The highest BCUT2D eigenvalue weighted by Crippen LogP contribution is 2.47. The summed E-state index contributed by atoms with van der Waals surface area (Å²) in [4.78, 5) is 62.6. The molecular formula is C34H31N2O8PS. The van der Waals surface area contributed by atoms with Crippen molar-refractivity contribution < 1.29 is 38.1 Å². The van der Waals surface area contributed by atoms with E-state index in [1.54, 1.807) is 6.26 Å². The fourth-order valence-electron chi connectivity index (χ4n) is 4.97. The molecular weight excluding hydrogens is 627 g/mol. The maximum Gasteiger partial charge on any atom is 0.357 e. The van der Waals surface area contributed by atoms with E-state index in [2.05, 4.69) is 9.98 Å². The van der Waals surface area contributed by atoms with Crippen molar-refractivity contribution >= 4 is 75.3 Å². The first-order chi connectivity index (χ1) is 22.3. The number of esters is 4. The van der Waals surface area contributed by atoms with Crippen LogP contribution in [0, 0.1) is 0 Å². The van der Waals surface area contributed by atoms with Crippen LogP contribution in [0.3, 0.4) is 0 Å². The average Bonchev–Trinajstić information content (AvgIpc) is 3.12. The number of benzene rings is 3. The highest BCUT2D eigenvalue weighted by atomic mass is 32.2. The molecule has 0 aliphatic rings. The Balaban J connectivity index is 2.31. The van der Waals surface area contributed by atoms with E-state index in [0.717, 1.165) is 34.8 Å². The highest BCUT2D eigenvalue weighted by Gasteiger charge is 2.39. The van der Waals surface area contributed by atoms with Gasteiger partial charge in [0.15, 0.2) is 11.5 Å². The van der Waals surface area contributed by atoms with E-state index in [4.69, 9.17) is 18.9 Å². The van der Waals surface area contributed by atoms with Crippen LogP contribution < -0.4 is 15.9 Å². The van der Waals surface area contributed by atoms with Gasteiger partial charge >= 0.3 is 23.9 Å². The van der Waals surface area contributed by atoms with Crippen molar-refractivity contribution in [2.75, 3.05) is 34.7 Å². The lowest BCUT2D eigenvalue weighted by Crippen LogP contribution is -2.41. The van der Waals surface area contributed by atoms with Crippen molar-refractivity contribution in [3.8, 4) is 0 Å². The second-order valence-electron chi connectivity index (χ2n) is 9.37. The maximum absolute atomic E-state index is 14.2. The minimum Gasteiger partial charge on any atom is -0.465 e. The van der Waals surface area contributed by atoms with E-state index in [1.807, 2.05) is 91.0 Å². The van der Waals surface area contributed by atoms with Crippen molar-refractivity contribution in [1.29, 1.82) is 0 Å². The van der Waals surface area contributed by atoms with Crippen molar-refractivity contribution in [2.24, 2.45) is 4.99 Å². The fourth-order valence-corrected chi connectivity index (χ4v) is 9.90. The third-order valence-electron chi connectivity index (χ3n) is 6.93. The van der Waals surface area contributed by atoms with Gasteiger partial charge in [-0.15, -0.1) is 11.8 Å². The maximum atomic E-state index is 14.2. The molecule has 0 fully saturated rings. The normalized spacial score (nSPS) is 11.3. The van der Waals surface area contributed by atoms with Gasteiger partial charge in [0.05, 0.1) is 34.0 Å². The van der Waals surface area contributed by atoms with Gasteiger partial charge in [0.1, 0.15) is 15.9 Å². The number of rotatable bonds is 10. The molecule has 1 aromatic heterocycles. The number of aromatic nitrogens is 1. The first kappa shape index (κ1) is 33.9. The van der Waals surface area contributed by atoms with Gasteiger partial charge in [-0.05, 0) is 35.1 Å². The molecule has 10 nitrogen and oxygen atoms in total. The van der Waals surface area contributed by atoms with Gasteiger partial charge in [0, 0.05) is 0 Å². The number of pyridine rings is 1. The smallest absolute Gasteiger partial charge is 0.357 e. The number of methoxy groups -OCH3 is 4. The summed E-state index contributed by atoms with van der Waals surface area (Å²) in [5.74, 6) is -3.60. The number of aliphatic imine (C=N–C) groups is 1. The minimum atomic E-state index is -3.27. The number of hydrogen-bond acceptors (Lipinski definition) is 11. The minimum absolute atomic E-state index is 0.0605. The summed E-state index contributed by atoms with van der Waals surface area (Å²) < 4.78 is 20.4. The Labute approximate surface area is 270 Å². The lowest BCUT2D eigenvalue weighted by molar-refractivity contribution is -0.134. The Kier molecular flexibility index (Phi) is 11.3. The summed E-state index contributed by atoms with van der Waals surface area (Å²) >= 11 is 1.06. The third-order valence-corrected chi connectivity index (χ3v) is 11.9. The van der Waals surface area contributed by atoms with E-state index < -0.39 is 30.8 Å². The predicted molar refractivity (Wildman–Crippen MR) is 180 cm³/mol. The number of carbonyl (C=O) groups excluding carboxylic acids is 4. The van der Waals surface area contributed by atoms with Crippen LogP contribution in [0.25, 0.3) is 0 Å². The zero-order valence-corrected chi connectivity index (χ0v) is 27.5. The first-order valence-corrected chi connectivity index (χ1v) is 16.7. The van der Waals surface area contributed by atoms with Crippen LogP contribution in [0.15, 0.2) is 107 Å². The number of ether oxygens (including phenoxy) is 4. The van der Waals surface area contributed by atoms with Crippen LogP contribution in [-0.4, -0.2) is 74.6 Å². The van der Waals surface area contributed by atoms with Gasteiger partial charge in [-0.25, -0.2) is 29.2 Å². The van der Waals surface area contributed by atoms with Crippen LogP contribution in [0.1, 0.15) is 20.7 Å². The van der Waals surface area contributed by atoms with Crippen molar-refractivity contribution in [3.05, 3.63) is 108 Å². The van der Waals surface area contributed by atoms with Crippen LogP contribution in [-0.2, 0) is 28.5 Å². The van der Waals surface area contributed by atoms with E-state index in [-0.39, 0.29) is 33.0 Å². The number of nitrogens with zero attached hydrogens (tertiary/aromatic N) is 2. The van der Waals surface area contributed by atoms with Crippen molar-refractivity contribution in [3.63, 3.8) is 0 Å². The van der Waals surface area contributed by atoms with E-state index in [9.17, 15) is 19.2 Å². The molecule has 0 aliphatic carbocycles. The molecule has 0 saturated heterocycles. The largest absolute Gasteiger partial charge is 0.465 e. The molecule has 236 valence electrons. The predicted octanol–water partition coefficient (Wildman–Crippen LogP) is 3.96. The first-order valence-electron chi connectivity index (χ1n) is 13.7. The van der Waals surface area contributed by atoms with Gasteiger partial charge in [-0.2, -0.15) is 0 Å². The quantitative estimate of drug-likeness (QED) is 0.0812. The number of hydrogen-bond donors (Lipinski definition) is 0. The lowest BCUT2D eigenvalue weighted by Gasteiger charge is -2.31. The van der Waals surface area contributed by atoms with Crippen LogP contribution in [0.5, 0.6) is 0 Å². The molecule has 0 spiro atoms. The Morgan fingerprint density at radius 2 is 1.11 bits per heavy atom. The zero-order valence-electron chi connectivity index (χ0n) is 25.8. The summed E-state index contributed by atoms with van der Waals surface area (Å²) in [7, 11) is 4.72. The molecule has 0 amide bonds. The molecule has 0 atom stereocenters. The van der Waals surface area contributed by atoms with Crippen LogP contribution >= 0.6 is 18.6 Å². The van der Waals surface area contributed by atoms with Gasteiger partial charge < -0.3 is 18.9 Å². The monoisotopic (exact) mass is 658 g/mol. The summed E-state index contributed by atoms with van der Waals surface area (Å²) in [6, 6.07) is 29.2. The van der Waals surface area contributed by atoms with Gasteiger partial charge in [0.25, 0.3) is 0 Å². The lowest BCUT2D eigenvalue weighted by atomic mass is 10.1. The molecule has 12 heteroatoms. The Morgan fingerprint density at radius 3 is 1.50 bits per heavy atom. The van der Waals surface area contributed by atoms with Crippen LogP contribution in [0.2, 0.25) is 0 Å². The molecule has 4 aromatic rings. The molecule has 0 saturated carbocycles. The molecule has 0 aliphatic heterocycles. The average molecular weight is 659 g/mol. The van der Waals surface area contributed by atoms with Crippen molar-refractivity contribution in [1.82, 2.24) is 4.98 Å². The second kappa shape index (κ2) is 15.3. The number of carbonyl (C=O) groups is 4. The summed E-state index contributed by atoms with van der Waals surface area (Å²) in [5.41, 5.74) is -0.704. The third kappa shape index (κ3) is 6.51. The molecule has 0 bridgehead atoms. The van der Waals surface area contributed by atoms with Crippen molar-refractivity contribution in [2.45, 2.75) is 5.03 Å².